The highest BCUT2D eigenvalue weighted by atomic mass is 28.4. The lowest BCUT2D eigenvalue weighted by atomic mass is 10.1. The molecule has 0 N–H and O–H groups in total. The summed E-state index contributed by atoms with van der Waals surface area (Å²) < 4.78 is 54.1. The molecule has 0 bridgehead atoms. The highest BCUT2D eigenvalue weighted by molar-refractivity contribution is 6.91. The number of rotatable bonds is 0. The lowest BCUT2D eigenvalue weighted by Gasteiger charge is -2.14. The average molecular weight is 260 g/mol. The maximum atomic E-state index is 13.5. The van der Waals surface area contributed by atoms with Gasteiger partial charge in [0.25, 0.3) is 0 Å². The molecule has 1 aliphatic carbocycles. The van der Waals surface area contributed by atoms with Crippen LogP contribution in [0.4, 0.5) is 16.4 Å². The second-order valence-corrected chi connectivity index (χ2v) is 7.98. The van der Waals surface area contributed by atoms with Gasteiger partial charge in [-0.15, -0.1) is 0 Å². The number of ketones is 1. The molecule has 0 saturated heterocycles. The molecule has 0 unspecified atom stereocenters. The van der Waals surface area contributed by atoms with Crippen molar-refractivity contribution in [2.24, 2.45) is 0 Å². The average Bonchev–Trinajstić information content (AvgIpc) is 2.71. The molecule has 1 nitrogen and oxygen atoms in total. The molecule has 2 aliphatic heterocycles. The van der Waals surface area contributed by atoms with Gasteiger partial charge in [-0.1, -0.05) is 12.2 Å². The van der Waals surface area contributed by atoms with Crippen molar-refractivity contribution in [2.45, 2.75) is 0 Å². The summed E-state index contributed by atoms with van der Waals surface area (Å²) in [6.45, 7) is 0. The largest absolute Gasteiger partial charge is 0.481 e. The summed E-state index contributed by atoms with van der Waals surface area (Å²) in [6.07, 6.45) is 2.00. The number of halogens is 4. The van der Waals surface area contributed by atoms with Gasteiger partial charge in [0.2, 0.25) is 0 Å². The third kappa shape index (κ3) is 0.970. The summed E-state index contributed by atoms with van der Waals surface area (Å²) in [5, 5.41) is -1.26. The molecule has 0 atom stereocenters. The van der Waals surface area contributed by atoms with Gasteiger partial charge in [0.05, 0.1) is 0 Å². The van der Waals surface area contributed by atoms with Crippen LogP contribution in [0.5, 0.6) is 0 Å². The van der Waals surface area contributed by atoms with Crippen molar-refractivity contribution in [3.8, 4) is 0 Å². The van der Waals surface area contributed by atoms with Crippen LogP contribution in [0.3, 0.4) is 0 Å². The fourth-order valence-corrected chi connectivity index (χ4v) is 6.33. The van der Waals surface area contributed by atoms with Crippen LogP contribution in [0, 0.1) is 0 Å². The standard InChI is InChI=1S/C9H4F4OSi2/c10-15(11)3-1-5-7(14)6-2-4-16(12,13)9(6)8(5)15/h1-4H. The van der Waals surface area contributed by atoms with E-state index in [1.807, 2.05) is 0 Å². The predicted octanol–water partition coefficient (Wildman–Crippen LogP) is 2.22. The Morgan fingerprint density at radius 1 is 0.812 bits per heavy atom. The van der Waals surface area contributed by atoms with Crippen LogP contribution in [-0.4, -0.2) is 23.3 Å². The molecule has 3 aliphatic rings. The zero-order valence-electron chi connectivity index (χ0n) is 7.73. The van der Waals surface area contributed by atoms with Crippen LogP contribution in [0.1, 0.15) is 0 Å². The minimum Gasteiger partial charge on any atom is -0.289 e. The van der Waals surface area contributed by atoms with E-state index < -0.39 is 33.7 Å². The van der Waals surface area contributed by atoms with Crippen molar-refractivity contribution in [2.75, 3.05) is 0 Å². The van der Waals surface area contributed by atoms with Crippen molar-refractivity contribution >= 4 is 23.3 Å². The second-order valence-electron chi connectivity index (χ2n) is 3.82. The van der Waals surface area contributed by atoms with E-state index in [2.05, 4.69) is 0 Å². The molecular weight excluding hydrogens is 256 g/mol. The molecule has 0 amide bonds. The third-order valence-corrected chi connectivity index (χ3v) is 6.66. The fourth-order valence-electron chi connectivity index (χ4n) is 2.19. The lowest BCUT2D eigenvalue weighted by Crippen LogP contribution is -2.31. The SMILES string of the molecule is O=C1C2=C(C3=C1C=C[Si]3(F)F)[Si](F)(F)C=C2. The molecule has 3 rings (SSSR count). The third-order valence-electron chi connectivity index (χ3n) is 2.86. The van der Waals surface area contributed by atoms with E-state index in [1.54, 1.807) is 0 Å². The molecular formula is C9H4F4OSi2. The first-order valence-corrected chi connectivity index (χ1v) is 8.20. The topological polar surface area (TPSA) is 17.1 Å². The van der Waals surface area contributed by atoms with Gasteiger partial charge < -0.3 is 0 Å². The van der Waals surface area contributed by atoms with Crippen LogP contribution in [-0.2, 0) is 4.79 Å². The minimum absolute atomic E-state index is 0.210. The van der Waals surface area contributed by atoms with Gasteiger partial charge in [0.15, 0.2) is 5.78 Å². The van der Waals surface area contributed by atoms with Crippen molar-refractivity contribution < 1.29 is 21.2 Å². The van der Waals surface area contributed by atoms with E-state index >= 15 is 0 Å². The first kappa shape index (κ1) is 9.97. The van der Waals surface area contributed by atoms with Crippen LogP contribution >= 0.6 is 0 Å². The Hall–Kier alpha value is -1.22. The lowest BCUT2D eigenvalue weighted by molar-refractivity contribution is -0.111. The summed E-state index contributed by atoms with van der Waals surface area (Å²) in [5.74, 6) is -0.674. The van der Waals surface area contributed by atoms with Gasteiger partial charge in [-0.05, 0) is 11.4 Å². The van der Waals surface area contributed by atoms with E-state index in [9.17, 15) is 21.2 Å². The van der Waals surface area contributed by atoms with Gasteiger partial charge in [-0.25, -0.2) is 0 Å². The fraction of sp³-hybridized carbons (Fsp3) is 0. The summed E-state index contributed by atoms with van der Waals surface area (Å²) in [4.78, 5) is 11.6. The van der Waals surface area contributed by atoms with Crippen molar-refractivity contribution in [3.05, 3.63) is 45.1 Å². The van der Waals surface area contributed by atoms with Crippen molar-refractivity contribution in [3.63, 3.8) is 0 Å². The van der Waals surface area contributed by atoms with E-state index in [-0.39, 0.29) is 11.1 Å². The van der Waals surface area contributed by atoms with E-state index in [4.69, 9.17) is 0 Å². The zero-order valence-corrected chi connectivity index (χ0v) is 9.73. The first-order chi connectivity index (χ1) is 7.34. The molecule has 0 aromatic heterocycles. The Morgan fingerprint density at radius 2 is 1.19 bits per heavy atom. The molecule has 2 heterocycles. The Balaban J connectivity index is 2.26. The number of hydrogen-bond acceptors (Lipinski definition) is 1. The molecule has 7 heteroatoms. The van der Waals surface area contributed by atoms with Gasteiger partial charge >= 0.3 is 17.5 Å². The minimum atomic E-state index is -4.95. The molecule has 0 radical (unpaired) electrons. The molecule has 82 valence electrons. The Labute approximate surface area is 90.2 Å². The van der Waals surface area contributed by atoms with Crippen LogP contribution in [0.15, 0.2) is 45.1 Å². The number of carbonyl (C=O) groups excluding carboxylic acids is 1. The Morgan fingerprint density at radius 3 is 1.56 bits per heavy atom. The molecule has 0 fully saturated rings. The zero-order chi connectivity index (χ0) is 11.7. The first-order valence-electron chi connectivity index (χ1n) is 4.53. The highest BCUT2D eigenvalue weighted by Gasteiger charge is 2.59. The van der Waals surface area contributed by atoms with Crippen LogP contribution < -0.4 is 0 Å². The quantitative estimate of drug-likeness (QED) is 0.371. The number of hydrogen-bond donors (Lipinski definition) is 0. The monoisotopic (exact) mass is 260 g/mol. The van der Waals surface area contributed by atoms with Gasteiger partial charge in [-0.2, -0.15) is 0 Å². The number of Topliss-reactive ketones (excluding diaryl/α,β-unsaturated/α-hetero) is 1. The summed E-state index contributed by atoms with van der Waals surface area (Å²) >= 11 is 0. The summed E-state index contributed by atoms with van der Waals surface area (Å²) in [5.41, 5.74) is 0.862. The van der Waals surface area contributed by atoms with Crippen molar-refractivity contribution in [1.82, 2.24) is 0 Å². The summed E-state index contributed by atoms with van der Waals surface area (Å²) in [6, 6.07) is 0. The maximum absolute atomic E-state index is 13.5. The van der Waals surface area contributed by atoms with E-state index in [0.717, 1.165) is 12.2 Å². The highest BCUT2D eigenvalue weighted by Crippen LogP contribution is 2.49. The predicted molar refractivity (Wildman–Crippen MR) is 53.3 cm³/mol. The molecule has 0 aromatic carbocycles. The molecule has 0 spiro atoms. The Bertz CT molecular complexity index is 506. The van der Waals surface area contributed by atoms with Gasteiger partial charge in [0, 0.05) is 21.5 Å². The molecule has 16 heavy (non-hydrogen) atoms. The number of carbonyl (C=O) groups is 1. The summed E-state index contributed by atoms with van der Waals surface area (Å²) in [7, 11) is -9.90. The van der Waals surface area contributed by atoms with Gasteiger partial charge in [0.1, 0.15) is 0 Å². The Kier molecular flexibility index (Phi) is 1.58. The normalized spacial score (nSPS) is 28.1. The van der Waals surface area contributed by atoms with Gasteiger partial charge in [-0.3, -0.25) is 21.2 Å². The second kappa shape index (κ2) is 2.54. The van der Waals surface area contributed by atoms with E-state index in [1.165, 1.54) is 0 Å². The van der Waals surface area contributed by atoms with E-state index in [0.29, 0.717) is 11.4 Å². The maximum Gasteiger partial charge on any atom is 0.481 e. The van der Waals surface area contributed by atoms with Crippen molar-refractivity contribution in [1.29, 1.82) is 0 Å². The number of fused-ring (bicyclic) bond motifs is 1. The molecule has 0 saturated carbocycles. The van der Waals surface area contributed by atoms with Crippen LogP contribution in [0.25, 0.3) is 0 Å². The molecule has 0 aromatic rings. The smallest absolute Gasteiger partial charge is 0.289 e. The van der Waals surface area contributed by atoms with Crippen LogP contribution in [0.2, 0.25) is 0 Å². The number of allylic oxidation sites excluding steroid dienone is 6.